The normalized spacial score (nSPS) is 24.3. The van der Waals surface area contributed by atoms with E-state index >= 15 is 0 Å². The molecule has 1 fully saturated rings. The maximum absolute atomic E-state index is 11.5. The zero-order valence-electron chi connectivity index (χ0n) is 10.3. The first kappa shape index (κ1) is 14.0. The Morgan fingerprint density at radius 3 is 2.82 bits per heavy atom. The molecule has 0 radical (unpaired) electrons. The first-order chi connectivity index (χ1) is 8.13. The van der Waals surface area contributed by atoms with E-state index in [1.54, 1.807) is 0 Å². The van der Waals surface area contributed by atoms with Crippen LogP contribution in [0.4, 0.5) is 0 Å². The van der Waals surface area contributed by atoms with E-state index in [1.165, 1.54) is 0 Å². The summed E-state index contributed by atoms with van der Waals surface area (Å²) >= 11 is 0. The summed E-state index contributed by atoms with van der Waals surface area (Å²) in [6, 6.07) is 0.0129. The van der Waals surface area contributed by atoms with Gasteiger partial charge in [0.05, 0.1) is 12.5 Å². The molecule has 5 nitrogen and oxygen atoms in total. The standard InChI is InChI=1S/C12H21NO4/c1-2-17-7-6-11(14)13-10-5-3-4-9(8-10)12(15)16/h9-10H,2-8H2,1H3,(H,13,14)(H,15,16). The Kier molecular flexibility index (Phi) is 5.97. The number of carboxylic acids is 1. The Bertz CT molecular complexity index is 267. The molecule has 17 heavy (non-hydrogen) atoms. The van der Waals surface area contributed by atoms with E-state index in [0.717, 1.165) is 19.3 Å². The average Bonchev–Trinajstić information content (AvgIpc) is 2.29. The molecule has 2 N–H and O–H groups in total. The molecule has 0 aliphatic heterocycles. The summed E-state index contributed by atoms with van der Waals surface area (Å²) in [7, 11) is 0. The SMILES string of the molecule is CCOCCC(=O)NC1CCCC(C(=O)O)C1. The second kappa shape index (κ2) is 7.27. The lowest BCUT2D eigenvalue weighted by atomic mass is 9.86. The van der Waals surface area contributed by atoms with Gasteiger partial charge in [-0.2, -0.15) is 0 Å². The maximum Gasteiger partial charge on any atom is 0.306 e. The Labute approximate surface area is 102 Å². The first-order valence-electron chi connectivity index (χ1n) is 6.23. The van der Waals surface area contributed by atoms with Gasteiger partial charge in [-0.25, -0.2) is 0 Å². The average molecular weight is 243 g/mol. The third-order valence-corrected chi connectivity index (χ3v) is 3.07. The van der Waals surface area contributed by atoms with E-state index in [1.807, 2.05) is 6.92 Å². The fourth-order valence-corrected chi connectivity index (χ4v) is 2.15. The van der Waals surface area contributed by atoms with Gasteiger partial charge in [-0.3, -0.25) is 9.59 Å². The highest BCUT2D eigenvalue weighted by molar-refractivity contribution is 5.76. The van der Waals surface area contributed by atoms with Crippen molar-refractivity contribution < 1.29 is 19.4 Å². The Morgan fingerprint density at radius 1 is 1.41 bits per heavy atom. The highest BCUT2D eigenvalue weighted by Crippen LogP contribution is 2.24. The van der Waals surface area contributed by atoms with Gasteiger partial charge in [-0.15, -0.1) is 0 Å². The summed E-state index contributed by atoms with van der Waals surface area (Å²) < 4.78 is 5.10. The molecule has 0 saturated heterocycles. The predicted octanol–water partition coefficient (Wildman–Crippen LogP) is 1.17. The van der Waals surface area contributed by atoms with Gasteiger partial charge in [-0.1, -0.05) is 6.42 Å². The summed E-state index contributed by atoms with van der Waals surface area (Å²) in [6.07, 6.45) is 3.37. The number of carbonyl (C=O) groups is 2. The monoisotopic (exact) mass is 243 g/mol. The Hall–Kier alpha value is -1.10. The van der Waals surface area contributed by atoms with Gasteiger partial charge >= 0.3 is 5.97 Å². The number of aliphatic carboxylic acids is 1. The molecule has 98 valence electrons. The number of rotatable bonds is 6. The van der Waals surface area contributed by atoms with Crippen molar-refractivity contribution in [1.82, 2.24) is 5.32 Å². The van der Waals surface area contributed by atoms with Gasteiger partial charge in [0.25, 0.3) is 0 Å². The Balaban J connectivity index is 2.26. The molecule has 1 rings (SSSR count). The van der Waals surface area contributed by atoms with Crippen LogP contribution in [-0.2, 0) is 14.3 Å². The van der Waals surface area contributed by atoms with Gasteiger partial charge in [0, 0.05) is 19.1 Å². The van der Waals surface area contributed by atoms with E-state index in [9.17, 15) is 9.59 Å². The van der Waals surface area contributed by atoms with Crippen molar-refractivity contribution in [3.8, 4) is 0 Å². The number of carboxylic acid groups (broad SMARTS) is 1. The topological polar surface area (TPSA) is 75.6 Å². The quantitative estimate of drug-likeness (QED) is 0.687. The summed E-state index contributed by atoms with van der Waals surface area (Å²) in [4.78, 5) is 22.4. The highest BCUT2D eigenvalue weighted by Gasteiger charge is 2.27. The van der Waals surface area contributed by atoms with E-state index in [0.29, 0.717) is 26.1 Å². The smallest absolute Gasteiger partial charge is 0.306 e. The summed E-state index contributed by atoms with van der Waals surface area (Å²) in [5.41, 5.74) is 0. The van der Waals surface area contributed by atoms with Crippen LogP contribution in [-0.4, -0.2) is 36.2 Å². The summed E-state index contributed by atoms with van der Waals surface area (Å²) in [5.74, 6) is -1.10. The van der Waals surface area contributed by atoms with Crippen LogP contribution in [0, 0.1) is 5.92 Å². The van der Waals surface area contributed by atoms with E-state index in [4.69, 9.17) is 9.84 Å². The molecule has 1 aliphatic carbocycles. The molecule has 0 spiro atoms. The van der Waals surface area contributed by atoms with Crippen LogP contribution in [0.2, 0.25) is 0 Å². The van der Waals surface area contributed by atoms with Gasteiger partial charge < -0.3 is 15.2 Å². The molecule has 0 heterocycles. The number of hydrogen-bond acceptors (Lipinski definition) is 3. The lowest BCUT2D eigenvalue weighted by Gasteiger charge is -2.27. The Morgan fingerprint density at radius 2 is 2.18 bits per heavy atom. The van der Waals surface area contributed by atoms with Crippen LogP contribution < -0.4 is 5.32 Å². The second-order valence-electron chi connectivity index (χ2n) is 4.41. The van der Waals surface area contributed by atoms with Gasteiger partial charge in [0.2, 0.25) is 5.91 Å². The van der Waals surface area contributed by atoms with Crippen LogP contribution >= 0.6 is 0 Å². The number of carbonyl (C=O) groups excluding carboxylic acids is 1. The van der Waals surface area contributed by atoms with Crippen LogP contribution in [0.25, 0.3) is 0 Å². The van der Waals surface area contributed by atoms with Gasteiger partial charge in [0.15, 0.2) is 0 Å². The van der Waals surface area contributed by atoms with Crippen molar-refractivity contribution in [3.63, 3.8) is 0 Å². The largest absolute Gasteiger partial charge is 0.481 e. The second-order valence-corrected chi connectivity index (χ2v) is 4.41. The molecule has 0 bridgehead atoms. The van der Waals surface area contributed by atoms with Crippen molar-refractivity contribution in [1.29, 1.82) is 0 Å². The van der Waals surface area contributed by atoms with E-state index < -0.39 is 5.97 Å². The summed E-state index contributed by atoms with van der Waals surface area (Å²) in [5, 5.41) is 11.8. The third kappa shape index (κ3) is 5.17. The number of amides is 1. The summed E-state index contributed by atoms with van der Waals surface area (Å²) in [6.45, 7) is 2.92. The molecule has 1 saturated carbocycles. The number of ether oxygens (including phenoxy) is 1. The van der Waals surface area contributed by atoms with Crippen LogP contribution in [0.5, 0.6) is 0 Å². The first-order valence-corrected chi connectivity index (χ1v) is 6.23. The van der Waals surface area contributed by atoms with Crippen molar-refractivity contribution in [2.75, 3.05) is 13.2 Å². The fourth-order valence-electron chi connectivity index (χ4n) is 2.15. The molecule has 0 aromatic rings. The van der Waals surface area contributed by atoms with E-state index in [2.05, 4.69) is 5.32 Å². The minimum atomic E-state index is -0.752. The molecule has 2 unspecified atom stereocenters. The number of hydrogen-bond donors (Lipinski definition) is 2. The zero-order chi connectivity index (χ0) is 12.7. The van der Waals surface area contributed by atoms with Crippen molar-refractivity contribution in [3.05, 3.63) is 0 Å². The lowest BCUT2D eigenvalue weighted by Crippen LogP contribution is -2.40. The van der Waals surface area contributed by atoms with E-state index in [-0.39, 0.29) is 17.9 Å². The highest BCUT2D eigenvalue weighted by atomic mass is 16.5. The van der Waals surface area contributed by atoms with Gasteiger partial charge in [0.1, 0.15) is 0 Å². The maximum atomic E-state index is 11.5. The molecule has 2 atom stereocenters. The molecule has 1 amide bonds. The van der Waals surface area contributed by atoms with Crippen LogP contribution in [0.3, 0.4) is 0 Å². The van der Waals surface area contributed by atoms with Gasteiger partial charge in [-0.05, 0) is 26.2 Å². The number of nitrogens with one attached hydrogen (secondary N) is 1. The molecule has 0 aromatic heterocycles. The molecule has 5 heteroatoms. The van der Waals surface area contributed by atoms with Crippen LogP contribution in [0.1, 0.15) is 39.0 Å². The minimum absolute atomic E-state index is 0.0129. The third-order valence-electron chi connectivity index (χ3n) is 3.07. The molecular formula is C12H21NO4. The fraction of sp³-hybridized carbons (Fsp3) is 0.833. The van der Waals surface area contributed by atoms with Crippen molar-refractivity contribution >= 4 is 11.9 Å². The zero-order valence-corrected chi connectivity index (χ0v) is 10.3. The minimum Gasteiger partial charge on any atom is -0.481 e. The van der Waals surface area contributed by atoms with Crippen molar-refractivity contribution in [2.45, 2.75) is 45.1 Å². The molecule has 1 aliphatic rings. The molecule has 0 aromatic carbocycles. The molecular weight excluding hydrogens is 222 g/mol. The predicted molar refractivity (Wildman–Crippen MR) is 62.6 cm³/mol. The van der Waals surface area contributed by atoms with Crippen molar-refractivity contribution in [2.24, 2.45) is 5.92 Å². The lowest BCUT2D eigenvalue weighted by molar-refractivity contribution is -0.143. The van der Waals surface area contributed by atoms with Crippen LogP contribution in [0.15, 0.2) is 0 Å².